The highest BCUT2D eigenvalue weighted by atomic mass is 32.2. The number of aromatic nitrogens is 1. The van der Waals surface area contributed by atoms with Gasteiger partial charge in [0.05, 0.1) is 0 Å². The normalized spacial score (nSPS) is 10.5. The summed E-state index contributed by atoms with van der Waals surface area (Å²) in [5, 5.41) is 3.07. The summed E-state index contributed by atoms with van der Waals surface area (Å²) in [5.41, 5.74) is 4.99. The number of nitrogens with zero attached hydrogens (tertiary/aromatic N) is 1. The fraction of sp³-hybridized carbons (Fsp3) is 0.0769. The summed E-state index contributed by atoms with van der Waals surface area (Å²) in [6, 6.07) is 30.0. The number of rotatable bonds is 7. The number of pyridine rings is 1. The summed E-state index contributed by atoms with van der Waals surface area (Å²) >= 11 is 1.73. The molecule has 0 atom stereocenters. The van der Waals surface area contributed by atoms with Crippen molar-refractivity contribution in [3.05, 3.63) is 126 Å². The van der Waals surface area contributed by atoms with Crippen molar-refractivity contribution in [1.82, 2.24) is 4.98 Å². The van der Waals surface area contributed by atoms with E-state index in [4.69, 9.17) is 0 Å². The Hall–Kier alpha value is -3.37. The van der Waals surface area contributed by atoms with E-state index in [-0.39, 0.29) is 5.91 Å². The maximum atomic E-state index is 12.8. The average molecular weight is 411 g/mol. The first-order chi connectivity index (χ1) is 14.8. The molecule has 0 unspecified atom stereocenters. The minimum absolute atomic E-state index is 0.0979. The van der Waals surface area contributed by atoms with Crippen LogP contribution < -0.4 is 5.32 Å². The Balaban J connectivity index is 1.40. The van der Waals surface area contributed by atoms with Gasteiger partial charge in [-0.05, 0) is 59.5 Å². The van der Waals surface area contributed by atoms with Crippen molar-refractivity contribution in [1.29, 1.82) is 0 Å². The summed E-state index contributed by atoms with van der Waals surface area (Å²) in [6.07, 6.45) is 4.43. The summed E-state index contributed by atoms with van der Waals surface area (Å²) in [5.74, 6) is 0.756. The zero-order valence-corrected chi connectivity index (χ0v) is 17.3. The van der Waals surface area contributed by atoms with E-state index in [1.54, 1.807) is 18.0 Å². The van der Waals surface area contributed by atoms with Crippen LogP contribution in [0.1, 0.15) is 27.0 Å². The smallest absolute Gasteiger partial charge is 0.255 e. The summed E-state index contributed by atoms with van der Waals surface area (Å²) in [4.78, 5) is 18.0. The lowest BCUT2D eigenvalue weighted by Crippen LogP contribution is -2.13. The minimum atomic E-state index is -0.0979. The highest BCUT2D eigenvalue weighted by molar-refractivity contribution is 7.98. The number of thioether (sulfide) groups is 1. The van der Waals surface area contributed by atoms with E-state index >= 15 is 0 Å². The molecule has 1 aromatic heterocycles. The maximum Gasteiger partial charge on any atom is 0.255 e. The number of benzene rings is 3. The number of hydrogen-bond acceptors (Lipinski definition) is 3. The fourth-order valence-corrected chi connectivity index (χ4v) is 3.99. The lowest BCUT2D eigenvalue weighted by molar-refractivity contribution is 0.102. The molecule has 0 spiro atoms. The van der Waals surface area contributed by atoms with Crippen molar-refractivity contribution in [2.75, 3.05) is 5.32 Å². The van der Waals surface area contributed by atoms with E-state index in [0.717, 1.165) is 28.3 Å². The third-order valence-electron chi connectivity index (χ3n) is 4.75. The minimum Gasteiger partial charge on any atom is -0.322 e. The van der Waals surface area contributed by atoms with E-state index in [2.05, 4.69) is 34.6 Å². The van der Waals surface area contributed by atoms with Crippen molar-refractivity contribution >= 4 is 23.4 Å². The molecule has 0 aliphatic rings. The van der Waals surface area contributed by atoms with Crippen molar-refractivity contribution < 1.29 is 4.79 Å². The van der Waals surface area contributed by atoms with E-state index in [1.807, 2.05) is 72.9 Å². The molecule has 148 valence electrons. The molecule has 0 bridgehead atoms. The number of hydrogen-bond donors (Lipinski definition) is 1. The number of anilines is 1. The number of carbonyl (C=O) groups excluding carboxylic acids is 1. The van der Waals surface area contributed by atoms with Crippen molar-refractivity contribution in [3.8, 4) is 0 Å². The largest absolute Gasteiger partial charge is 0.322 e. The van der Waals surface area contributed by atoms with Gasteiger partial charge in [-0.3, -0.25) is 9.78 Å². The van der Waals surface area contributed by atoms with Crippen LogP contribution in [0, 0.1) is 0 Å². The molecule has 0 aliphatic heterocycles. The Morgan fingerprint density at radius 1 is 0.800 bits per heavy atom. The Morgan fingerprint density at radius 2 is 1.53 bits per heavy atom. The predicted molar refractivity (Wildman–Crippen MR) is 124 cm³/mol. The van der Waals surface area contributed by atoms with Crippen LogP contribution in [-0.4, -0.2) is 10.9 Å². The second kappa shape index (κ2) is 9.90. The van der Waals surface area contributed by atoms with Crippen molar-refractivity contribution in [2.45, 2.75) is 17.1 Å². The van der Waals surface area contributed by atoms with Crippen molar-refractivity contribution in [3.63, 3.8) is 0 Å². The predicted octanol–water partition coefficient (Wildman–Crippen LogP) is 6.22. The van der Waals surface area contributed by atoms with E-state index in [1.165, 1.54) is 11.1 Å². The molecule has 3 aromatic carbocycles. The van der Waals surface area contributed by atoms with Gasteiger partial charge in [-0.2, -0.15) is 0 Å². The van der Waals surface area contributed by atoms with Gasteiger partial charge in [0.1, 0.15) is 0 Å². The third-order valence-corrected chi connectivity index (χ3v) is 5.83. The lowest BCUT2D eigenvalue weighted by Gasteiger charge is -2.12. The molecule has 0 saturated carbocycles. The molecule has 4 rings (SSSR count). The Labute approximate surface area is 181 Å². The van der Waals surface area contributed by atoms with Gasteiger partial charge in [0, 0.05) is 34.3 Å². The fourth-order valence-electron chi connectivity index (χ4n) is 3.16. The van der Waals surface area contributed by atoms with Crippen LogP contribution in [0.25, 0.3) is 0 Å². The van der Waals surface area contributed by atoms with Gasteiger partial charge < -0.3 is 5.32 Å². The first-order valence-electron chi connectivity index (χ1n) is 9.83. The van der Waals surface area contributed by atoms with Gasteiger partial charge in [-0.1, -0.05) is 54.6 Å². The van der Waals surface area contributed by atoms with Gasteiger partial charge in [-0.25, -0.2) is 0 Å². The number of amides is 1. The van der Waals surface area contributed by atoms with Crippen LogP contribution in [0.3, 0.4) is 0 Å². The SMILES string of the molecule is O=C(Nc1ccccc1Cc1ccccc1)c1ccc(SCc2cccnc2)cc1. The van der Waals surface area contributed by atoms with Crippen molar-refractivity contribution in [2.24, 2.45) is 0 Å². The zero-order chi connectivity index (χ0) is 20.6. The summed E-state index contributed by atoms with van der Waals surface area (Å²) < 4.78 is 0. The molecule has 1 N–H and O–H groups in total. The number of nitrogens with one attached hydrogen (secondary N) is 1. The maximum absolute atomic E-state index is 12.8. The second-order valence-corrected chi connectivity index (χ2v) is 8.00. The zero-order valence-electron chi connectivity index (χ0n) is 16.5. The van der Waals surface area contributed by atoms with Crippen LogP contribution >= 0.6 is 11.8 Å². The lowest BCUT2D eigenvalue weighted by atomic mass is 10.0. The standard InChI is InChI=1S/C26H22N2OS/c29-26(22-12-14-24(15-13-22)30-19-21-9-6-16-27-18-21)28-25-11-5-4-10-23(25)17-20-7-2-1-3-8-20/h1-16,18H,17,19H2,(H,28,29). The van der Waals surface area contributed by atoms with Crippen LogP contribution in [-0.2, 0) is 12.2 Å². The highest BCUT2D eigenvalue weighted by Crippen LogP contribution is 2.24. The summed E-state index contributed by atoms with van der Waals surface area (Å²) in [7, 11) is 0. The molecule has 1 heterocycles. The van der Waals surface area contributed by atoms with Gasteiger partial charge >= 0.3 is 0 Å². The quantitative estimate of drug-likeness (QED) is 0.368. The molecule has 4 heteroatoms. The van der Waals surface area contributed by atoms with Crippen LogP contribution in [0.5, 0.6) is 0 Å². The van der Waals surface area contributed by atoms with Crippen LogP contribution in [0.4, 0.5) is 5.69 Å². The van der Waals surface area contributed by atoms with E-state index in [0.29, 0.717) is 5.56 Å². The molecule has 0 saturated heterocycles. The number of para-hydroxylation sites is 1. The van der Waals surface area contributed by atoms with Gasteiger partial charge in [0.25, 0.3) is 5.91 Å². The number of carbonyl (C=O) groups is 1. The second-order valence-electron chi connectivity index (χ2n) is 6.95. The van der Waals surface area contributed by atoms with E-state index < -0.39 is 0 Å². The monoisotopic (exact) mass is 410 g/mol. The summed E-state index contributed by atoms with van der Waals surface area (Å²) in [6.45, 7) is 0. The molecule has 0 aliphatic carbocycles. The van der Waals surface area contributed by atoms with Gasteiger partial charge in [-0.15, -0.1) is 11.8 Å². The molecule has 3 nitrogen and oxygen atoms in total. The topological polar surface area (TPSA) is 42.0 Å². The first-order valence-corrected chi connectivity index (χ1v) is 10.8. The molecule has 1 amide bonds. The highest BCUT2D eigenvalue weighted by Gasteiger charge is 2.10. The Bertz CT molecular complexity index is 1100. The molecule has 30 heavy (non-hydrogen) atoms. The molecule has 0 fully saturated rings. The third kappa shape index (κ3) is 5.37. The molecule has 0 radical (unpaired) electrons. The van der Waals surface area contributed by atoms with Gasteiger partial charge in [0.2, 0.25) is 0 Å². The molecular weight excluding hydrogens is 388 g/mol. The van der Waals surface area contributed by atoms with Crippen LogP contribution in [0.15, 0.2) is 108 Å². The Kier molecular flexibility index (Phi) is 6.58. The average Bonchev–Trinajstić information content (AvgIpc) is 2.81. The Morgan fingerprint density at radius 3 is 2.30 bits per heavy atom. The molecular formula is C26H22N2OS. The first kappa shape index (κ1) is 19.9. The van der Waals surface area contributed by atoms with Gasteiger partial charge in [0.15, 0.2) is 0 Å². The van der Waals surface area contributed by atoms with Crippen LogP contribution in [0.2, 0.25) is 0 Å². The van der Waals surface area contributed by atoms with E-state index in [9.17, 15) is 4.79 Å². The molecule has 4 aromatic rings.